The molecule has 1 fully saturated rings. The largest absolute Gasteiger partial charge is 0.586 e. The molecular formula is C32H26F4N2O6. The summed E-state index contributed by atoms with van der Waals surface area (Å²) < 4.78 is 79.3. The quantitative estimate of drug-likeness (QED) is 0.233. The fourth-order valence-corrected chi connectivity index (χ4v) is 5.97. The fourth-order valence-electron chi connectivity index (χ4n) is 5.97. The summed E-state index contributed by atoms with van der Waals surface area (Å²) in [6.45, 7) is 1.89. The van der Waals surface area contributed by atoms with Crippen LogP contribution in [0.15, 0.2) is 85.1 Å². The smallest absolute Gasteiger partial charge is 0.439 e. The van der Waals surface area contributed by atoms with Crippen LogP contribution in [-0.4, -0.2) is 40.7 Å². The van der Waals surface area contributed by atoms with E-state index in [1.165, 1.54) is 36.4 Å². The van der Waals surface area contributed by atoms with Gasteiger partial charge in [-0.05, 0) is 91.0 Å². The zero-order valence-corrected chi connectivity index (χ0v) is 23.1. The van der Waals surface area contributed by atoms with Gasteiger partial charge in [-0.3, -0.25) is 4.90 Å². The van der Waals surface area contributed by atoms with Gasteiger partial charge in [-0.1, -0.05) is 30.3 Å². The van der Waals surface area contributed by atoms with E-state index < -0.39 is 24.1 Å². The van der Waals surface area contributed by atoms with E-state index in [0.717, 1.165) is 5.56 Å². The highest BCUT2D eigenvalue weighted by Gasteiger charge is 2.48. The zero-order valence-electron chi connectivity index (χ0n) is 23.1. The third kappa shape index (κ3) is 5.46. The summed E-state index contributed by atoms with van der Waals surface area (Å²) in [4.78, 5) is 6.41. The number of ether oxygens (including phenoxy) is 5. The van der Waals surface area contributed by atoms with Gasteiger partial charge in [0, 0.05) is 18.8 Å². The summed E-state index contributed by atoms with van der Waals surface area (Å²) in [7, 11) is 0. The second-order valence-corrected chi connectivity index (χ2v) is 10.9. The second kappa shape index (κ2) is 10.6. The molecular weight excluding hydrogens is 584 g/mol. The number of fused-ring (bicyclic) bond motifs is 2. The van der Waals surface area contributed by atoms with Crippen LogP contribution in [0.1, 0.15) is 29.5 Å². The molecule has 1 saturated heterocycles. The maximum atomic E-state index is 13.8. The molecule has 0 saturated carbocycles. The Morgan fingerprint density at radius 1 is 0.773 bits per heavy atom. The van der Waals surface area contributed by atoms with E-state index in [1.54, 1.807) is 12.3 Å². The summed E-state index contributed by atoms with van der Waals surface area (Å²) in [5.41, 5.74) is -0.181. The van der Waals surface area contributed by atoms with Crippen molar-refractivity contribution in [3.63, 3.8) is 0 Å². The lowest BCUT2D eigenvalue weighted by Gasteiger charge is -2.42. The van der Waals surface area contributed by atoms with Crippen molar-refractivity contribution in [3.05, 3.63) is 102 Å². The first-order chi connectivity index (χ1) is 21.1. The van der Waals surface area contributed by atoms with Gasteiger partial charge in [0.2, 0.25) is 5.88 Å². The number of piperidine rings is 1. The average molecular weight is 611 g/mol. The zero-order chi connectivity index (χ0) is 30.5. The van der Waals surface area contributed by atoms with Crippen molar-refractivity contribution in [2.45, 2.75) is 37.6 Å². The summed E-state index contributed by atoms with van der Waals surface area (Å²) in [6, 6.07) is 21.3. The van der Waals surface area contributed by atoms with E-state index in [2.05, 4.69) is 28.8 Å². The molecule has 0 aliphatic carbocycles. The van der Waals surface area contributed by atoms with E-state index in [9.17, 15) is 22.7 Å². The van der Waals surface area contributed by atoms with Crippen molar-refractivity contribution in [1.82, 2.24) is 9.88 Å². The maximum absolute atomic E-state index is 13.8. The number of pyridine rings is 1. The Morgan fingerprint density at radius 2 is 1.34 bits per heavy atom. The predicted molar refractivity (Wildman–Crippen MR) is 147 cm³/mol. The highest BCUT2D eigenvalue weighted by molar-refractivity contribution is 5.53. The number of aromatic nitrogens is 1. The van der Waals surface area contributed by atoms with Gasteiger partial charge in [0.1, 0.15) is 11.4 Å². The fraction of sp³-hybridized carbons (Fsp3) is 0.281. The maximum Gasteiger partial charge on any atom is 0.586 e. The van der Waals surface area contributed by atoms with Gasteiger partial charge in [-0.25, -0.2) is 4.98 Å². The number of rotatable bonds is 7. The number of alkyl halides is 4. The molecule has 0 radical (unpaired) electrons. The molecule has 3 aliphatic rings. The van der Waals surface area contributed by atoms with Crippen molar-refractivity contribution in [1.29, 1.82) is 0 Å². The van der Waals surface area contributed by atoms with E-state index in [1.807, 2.05) is 36.4 Å². The summed E-state index contributed by atoms with van der Waals surface area (Å²) in [5, 5.41) is 12.4. The Kier molecular flexibility index (Phi) is 6.78. The molecule has 12 heteroatoms. The van der Waals surface area contributed by atoms with Gasteiger partial charge in [0.25, 0.3) is 0 Å². The van der Waals surface area contributed by atoms with Crippen molar-refractivity contribution in [2.75, 3.05) is 13.1 Å². The van der Waals surface area contributed by atoms with Crippen LogP contribution in [0, 0.1) is 5.92 Å². The lowest BCUT2D eigenvalue weighted by Crippen LogP contribution is -2.44. The first-order valence-electron chi connectivity index (χ1n) is 14.0. The molecule has 8 nitrogen and oxygen atoms in total. The van der Waals surface area contributed by atoms with Gasteiger partial charge < -0.3 is 28.8 Å². The Hall–Kier alpha value is -4.55. The van der Waals surface area contributed by atoms with Gasteiger partial charge >= 0.3 is 12.6 Å². The third-order valence-electron chi connectivity index (χ3n) is 8.05. The van der Waals surface area contributed by atoms with Crippen molar-refractivity contribution < 1.29 is 46.4 Å². The minimum atomic E-state index is -3.84. The summed E-state index contributed by atoms with van der Waals surface area (Å²) in [6.07, 6.45) is -4.97. The van der Waals surface area contributed by atoms with Crippen LogP contribution in [0.5, 0.6) is 34.6 Å². The molecule has 0 unspecified atom stereocenters. The number of halogens is 4. The van der Waals surface area contributed by atoms with Crippen molar-refractivity contribution >= 4 is 0 Å². The number of hydrogen-bond donors (Lipinski definition) is 1. The minimum absolute atomic E-state index is 0.169. The Balaban J connectivity index is 1.10. The van der Waals surface area contributed by atoms with Crippen LogP contribution in [0.4, 0.5) is 17.6 Å². The van der Waals surface area contributed by atoms with Gasteiger partial charge in [0.15, 0.2) is 23.0 Å². The highest BCUT2D eigenvalue weighted by atomic mass is 19.3. The topological polar surface area (TPSA) is 82.5 Å². The van der Waals surface area contributed by atoms with Gasteiger partial charge in [-0.2, -0.15) is 0 Å². The molecule has 0 atom stereocenters. The highest BCUT2D eigenvalue weighted by Crippen LogP contribution is 2.50. The average Bonchev–Trinajstić information content (AvgIpc) is 3.50. The number of hydrogen-bond acceptors (Lipinski definition) is 8. The number of benzene rings is 3. The predicted octanol–water partition coefficient (Wildman–Crippen LogP) is 6.67. The summed E-state index contributed by atoms with van der Waals surface area (Å²) in [5.74, 6) is -0.0383. The standard InChI is InChI=1S/C32H26F4N2O6/c33-31(34)41-25-10-6-22(17-27(25)43-31)30(39,23-7-11-26-28(18-23)44-32(35,36)42-26)21-12-15-38(16-13-21)19-20-4-8-24(9-5-20)40-29-3-1-2-14-37-29/h1-11,14,17-18,21,39H,12-13,15-16,19H2. The Morgan fingerprint density at radius 3 is 1.89 bits per heavy atom. The normalized spacial score (nSPS) is 18.8. The molecule has 3 aliphatic heterocycles. The first kappa shape index (κ1) is 28.2. The van der Waals surface area contributed by atoms with E-state index in [-0.39, 0.29) is 34.1 Å². The van der Waals surface area contributed by atoms with Crippen molar-refractivity contribution in [3.8, 4) is 34.6 Å². The molecule has 0 spiro atoms. The lowest BCUT2D eigenvalue weighted by molar-refractivity contribution is -0.287. The minimum Gasteiger partial charge on any atom is -0.439 e. The molecule has 4 heterocycles. The van der Waals surface area contributed by atoms with Gasteiger partial charge in [0.05, 0.1) is 0 Å². The molecule has 4 aromatic rings. The van der Waals surface area contributed by atoms with Crippen LogP contribution >= 0.6 is 0 Å². The first-order valence-corrected chi connectivity index (χ1v) is 14.0. The van der Waals surface area contributed by atoms with E-state index in [4.69, 9.17) is 4.74 Å². The van der Waals surface area contributed by atoms with Gasteiger partial charge in [-0.15, -0.1) is 17.6 Å². The molecule has 1 aromatic heterocycles. The number of aliphatic hydroxyl groups is 1. The third-order valence-corrected chi connectivity index (χ3v) is 8.05. The Labute approximate surface area is 249 Å². The van der Waals surface area contributed by atoms with Crippen LogP contribution in [0.25, 0.3) is 0 Å². The molecule has 1 N–H and O–H groups in total. The van der Waals surface area contributed by atoms with Crippen LogP contribution in [-0.2, 0) is 12.1 Å². The number of likely N-dealkylation sites (tertiary alicyclic amines) is 1. The molecule has 44 heavy (non-hydrogen) atoms. The monoisotopic (exact) mass is 610 g/mol. The van der Waals surface area contributed by atoms with Crippen LogP contribution in [0.3, 0.4) is 0 Å². The number of nitrogens with zero attached hydrogens (tertiary/aromatic N) is 2. The SMILES string of the molecule is OC(c1ccc2c(c1)OC(F)(F)O2)(c1ccc2c(c1)OC(F)(F)O2)C1CCN(Cc2ccc(Oc3ccccn3)cc2)CC1. The second-order valence-electron chi connectivity index (χ2n) is 10.9. The molecule has 3 aromatic carbocycles. The molecule has 228 valence electrons. The molecule has 0 amide bonds. The van der Waals surface area contributed by atoms with E-state index in [0.29, 0.717) is 44.1 Å². The van der Waals surface area contributed by atoms with Crippen molar-refractivity contribution in [2.24, 2.45) is 5.92 Å². The van der Waals surface area contributed by atoms with Crippen LogP contribution in [0.2, 0.25) is 0 Å². The van der Waals surface area contributed by atoms with E-state index >= 15 is 0 Å². The lowest BCUT2D eigenvalue weighted by atomic mass is 9.72. The summed E-state index contributed by atoms with van der Waals surface area (Å²) >= 11 is 0. The Bertz CT molecular complexity index is 1600. The molecule has 0 bridgehead atoms. The van der Waals surface area contributed by atoms with Crippen LogP contribution < -0.4 is 23.7 Å². The molecule has 7 rings (SSSR count).